The van der Waals surface area contributed by atoms with Crippen LogP contribution < -0.4 is 0 Å². The zero-order valence-corrected chi connectivity index (χ0v) is 13.5. The molecule has 0 bridgehead atoms. The number of aryl methyl sites for hydroxylation is 3. The number of ketones is 1. The quantitative estimate of drug-likeness (QED) is 0.775. The number of rotatable bonds is 4. The topological polar surface area (TPSA) is 20.3 Å². The van der Waals surface area contributed by atoms with Gasteiger partial charge < -0.3 is 0 Å². The van der Waals surface area contributed by atoms with Crippen molar-refractivity contribution < 1.29 is 4.79 Å². The smallest absolute Gasteiger partial charge is 0.177 e. The van der Waals surface area contributed by atoms with Gasteiger partial charge in [0, 0.05) is 11.6 Å². The van der Waals surface area contributed by atoms with Gasteiger partial charge in [-0.05, 0) is 57.2 Å². The second-order valence-electron chi connectivity index (χ2n) is 6.62. The van der Waals surface area contributed by atoms with Crippen molar-refractivity contribution in [2.45, 2.75) is 53.5 Å². The lowest BCUT2D eigenvalue weighted by atomic mass is 9.95. The molecule has 1 atom stereocenters. The van der Waals surface area contributed by atoms with Crippen molar-refractivity contribution in [3.05, 3.63) is 34.4 Å². The Morgan fingerprint density at radius 3 is 2.40 bits per heavy atom. The number of nitrogens with zero attached hydrogens (tertiary/aromatic N) is 1. The third-order valence-electron chi connectivity index (χ3n) is 4.49. The van der Waals surface area contributed by atoms with Crippen molar-refractivity contribution in [1.29, 1.82) is 0 Å². The van der Waals surface area contributed by atoms with E-state index in [0.717, 1.165) is 23.2 Å². The highest BCUT2D eigenvalue weighted by Gasteiger charge is 2.29. The predicted molar refractivity (Wildman–Crippen MR) is 84.4 cm³/mol. The van der Waals surface area contributed by atoms with Crippen molar-refractivity contribution in [2.24, 2.45) is 5.92 Å². The molecule has 1 saturated heterocycles. The van der Waals surface area contributed by atoms with Crippen molar-refractivity contribution in [3.63, 3.8) is 0 Å². The van der Waals surface area contributed by atoms with E-state index in [1.54, 1.807) is 0 Å². The lowest BCUT2D eigenvalue weighted by molar-refractivity contribution is 0.0903. The van der Waals surface area contributed by atoms with Gasteiger partial charge in [0.05, 0.1) is 6.54 Å². The van der Waals surface area contributed by atoms with Crippen LogP contribution in [0.1, 0.15) is 53.7 Å². The molecule has 0 aliphatic carbocycles. The Kier molecular flexibility index (Phi) is 4.64. The zero-order valence-electron chi connectivity index (χ0n) is 13.5. The van der Waals surface area contributed by atoms with Crippen LogP contribution in [0.15, 0.2) is 12.1 Å². The van der Waals surface area contributed by atoms with Crippen LogP contribution in [0.3, 0.4) is 0 Å². The minimum absolute atomic E-state index is 0.285. The average molecular weight is 273 g/mol. The van der Waals surface area contributed by atoms with Gasteiger partial charge in [0.2, 0.25) is 0 Å². The summed E-state index contributed by atoms with van der Waals surface area (Å²) >= 11 is 0. The summed E-state index contributed by atoms with van der Waals surface area (Å²) in [6, 6.07) is 4.80. The van der Waals surface area contributed by atoms with Crippen LogP contribution in [0.4, 0.5) is 0 Å². The highest BCUT2D eigenvalue weighted by Crippen LogP contribution is 2.25. The zero-order chi connectivity index (χ0) is 14.9. The van der Waals surface area contributed by atoms with Gasteiger partial charge in [0.25, 0.3) is 0 Å². The van der Waals surface area contributed by atoms with Crippen LogP contribution >= 0.6 is 0 Å². The van der Waals surface area contributed by atoms with E-state index in [1.165, 1.54) is 18.4 Å². The molecule has 0 amide bonds. The molecule has 110 valence electrons. The summed E-state index contributed by atoms with van der Waals surface area (Å²) in [6.07, 6.45) is 2.46. The molecule has 0 radical (unpaired) electrons. The van der Waals surface area contributed by atoms with Crippen molar-refractivity contribution in [3.8, 4) is 0 Å². The summed E-state index contributed by atoms with van der Waals surface area (Å²) in [5.41, 5.74) is 4.41. The Hall–Kier alpha value is -1.15. The van der Waals surface area contributed by atoms with Gasteiger partial charge in [-0.1, -0.05) is 31.5 Å². The Morgan fingerprint density at radius 1 is 1.25 bits per heavy atom. The lowest BCUT2D eigenvalue weighted by Gasteiger charge is -2.27. The summed E-state index contributed by atoms with van der Waals surface area (Å²) < 4.78 is 0. The van der Waals surface area contributed by atoms with E-state index in [-0.39, 0.29) is 5.78 Å². The molecular formula is C18H27NO. The minimum Gasteiger partial charge on any atom is -0.293 e. The standard InChI is InChI=1S/C18H27NO/c1-12(2)16-7-6-8-19(16)11-17(20)18-14(4)9-13(3)10-15(18)5/h9-10,12,16H,6-8,11H2,1-5H3. The van der Waals surface area contributed by atoms with Gasteiger partial charge in [0.15, 0.2) is 5.78 Å². The fraction of sp³-hybridized carbons (Fsp3) is 0.611. The molecule has 0 saturated carbocycles. The van der Waals surface area contributed by atoms with E-state index in [1.807, 2.05) is 0 Å². The van der Waals surface area contributed by atoms with E-state index >= 15 is 0 Å². The Balaban J connectivity index is 2.17. The molecule has 2 heteroatoms. The fourth-order valence-corrected chi connectivity index (χ4v) is 3.69. The summed E-state index contributed by atoms with van der Waals surface area (Å²) in [5.74, 6) is 0.915. The van der Waals surface area contributed by atoms with Crippen molar-refractivity contribution >= 4 is 5.78 Å². The molecule has 2 nitrogen and oxygen atoms in total. The Morgan fingerprint density at radius 2 is 1.85 bits per heavy atom. The molecule has 2 rings (SSSR count). The molecular weight excluding hydrogens is 246 g/mol. The van der Waals surface area contributed by atoms with Crippen molar-refractivity contribution in [1.82, 2.24) is 4.90 Å². The summed E-state index contributed by atoms with van der Waals surface area (Å²) in [4.78, 5) is 15.1. The van der Waals surface area contributed by atoms with Gasteiger partial charge >= 0.3 is 0 Å². The number of carbonyl (C=O) groups excluding carboxylic acids is 1. The van der Waals surface area contributed by atoms with E-state index in [4.69, 9.17) is 0 Å². The number of Topliss-reactive ketones (excluding diaryl/α,β-unsaturated/α-hetero) is 1. The van der Waals surface area contributed by atoms with E-state index in [9.17, 15) is 4.79 Å². The second-order valence-corrected chi connectivity index (χ2v) is 6.62. The highest BCUT2D eigenvalue weighted by molar-refractivity contribution is 6.00. The normalized spacial score (nSPS) is 19.8. The van der Waals surface area contributed by atoms with Crippen LogP contribution in [0.25, 0.3) is 0 Å². The van der Waals surface area contributed by atoms with Gasteiger partial charge in [0.1, 0.15) is 0 Å². The summed E-state index contributed by atoms with van der Waals surface area (Å²) in [5, 5.41) is 0. The molecule has 1 aromatic rings. The molecule has 0 N–H and O–H groups in total. The fourth-order valence-electron chi connectivity index (χ4n) is 3.69. The summed E-state index contributed by atoms with van der Waals surface area (Å²) in [7, 11) is 0. The average Bonchev–Trinajstić information content (AvgIpc) is 2.75. The molecule has 1 aromatic carbocycles. The first-order valence-electron chi connectivity index (χ1n) is 7.75. The maximum atomic E-state index is 12.7. The first-order valence-corrected chi connectivity index (χ1v) is 7.75. The van der Waals surface area contributed by atoms with Crippen LogP contribution in [0.5, 0.6) is 0 Å². The largest absolute Gasteiger partial charge is 0.293 e. The van der Waals surface area contributed by atoms with Gasteiger partial charge in [-0.15, -0.1) is 0 Å². The Bertz CT molecular complexity index is 481. The van der Waals surface area contributed by atoms with E-state index in [2.05, 4.69) is 51.7 Å². The van der Waals surface area contributed by atoms with E-state index in [0.29, 0.717) is 18.5 Å². The molecule has 1 unspecified atom stereocenters. The molecule has 1 fully saturated rings. The van der Waals surface area contributed by atoms with E-state index < -0.39 is 0 Å². The molecule has 1 aliphatic rings. The Labute approximate surface area is 123 Å². The first-order chi connectivity index (χ1) is 9.40. The van der Waals surface area contributed by atoms with Gasteiger partial charge in [-0.3, -0.25) is 9.69 Å². The van der Waals surface area contributed by atoms with Crippen molar-refractivity contribution in [2.75, 3.05) is 13.1 Å². The highest BCUT2D eigenvalue weighted by atomic mass is 16.1. The molecule has 1 aliphatic heterocycles. The number of likely N-dealkylation sites (tertiary alicyclic amines) is 1. The summed E-state index contributed by atoms with van der Waals surface area (Å²) in [6.45, 7) is 12.4. The minimum atomic E-state index is 0.285. The maximum Gasteiger partial charge on any atom is 0.177 e. The van der Waals surface area contributed by atoms with Gasteiger partial charge in [-0.25, -0.2) is 0 Å². The van der Waals surface area contributed by atoms with Crippen LogP contribution in [-0.4, -0.2) is 29.8 Å². The molecule has 0 aromatic heterocycles. The number of hydrogen-bond acceptors (Lipinski definition) is 2. The monoisotopic (exact) mass is 273 g/mol. The number of benzene rings is 1. The number of hydrogen-bond donors (Lipinski definition) is 0. The predicted octanol–water partition coefficient (Wildman–Crippen LogP) is 3.91. The molecule has 20 heavy (non-hydrogen) atoms. The third kappa shape index (κ3) is 3.12. The molecule has 0 spiro atoms. The third-order valence-corrected chi connectivity index (χ3v) is 4.49. The van der Waals surface area contributed by atoms with Gasteiger partial charge in [-0.2, -0.15) is 0 Å². The lowest BCUT2D eigenvalue weighted by Crippen LogP contribution is -2.37. The van der Waals surface area contributed by atoms with Crippen LogP contribution in [0.2, 0.25) is 0 Å². The second kappa shape index (κ2) is 6.09. The van der Waals surface area contributed by atoms with Crippen LogP contribution in [0, 0.1) is 26.7 Å². The molecule has 1 heterocycles. The first kappa shape index (κ1) is 15.2. The number of carbonyl (C=O) groups is 1. The SMILES string of the molecule is Cc1cc(C)c(C(=O)CN2CCCC2C(C)C)c(C)c1. The maximum absolute atomic E-state index is 12.7. The van der Waals surface area contributed by atoms with Crippen LogP contribution in [-0.2, 0) is 0 Å².